The van der Waals surface area contributed by atoms with Gasteiger partial charge in [0.25, 0.3) is 0 Å². The van der Waals surface area contributed by atoms with Gasteiger partial charge in [-0.15, -0.1) is 0 Å². The number of aromatic hydroxyl groups is 2. The summed E-state index contributed by atoms with van der Waals surface area (Å²) in [5.74, 6) is -0.264. The number of ether oxygens (including phenoxy) is 1. The number of phenolic OH excluding ortho intramolecular Hbond substituents is 2. The molecule has 6 nitrogen and oxygen atoms in total. The maximum Gasteiger partial charge on any atom is 0.242 e. The lowest BCUT2D eigenvalue weighted by Crippen LogP contribution is -2.20. The number of nitrogens with zero attached hydrogens (tertiary/aromatic N) is 1. The molecule has 1 rings (SSSR count). The molecule has 0 atom stereocenters. The molecule has 1 aromatic carbocycles. The minimum atomic E-state index is -0.271. The van der Waals surface area contributed by atoms with Gasteiger partial charge < -0.3 is 14.9 Å². The van der Waals surface area contributed by atoms with Crippen molar-refractivity contribution in [2.24, 2.45) is 5.10 Å². The van der Waals surface area contributed by atoms with Gasteiger partial charge in [0.15, 0.2) is 0 Å². The van der Waals surface area contributed by atoms with Crippen molar-refractivity contribution in [1.82, 2.24) is 5.43 Å². The number of amides is 1. The summed E-state index contributed by atoms with van der Waals surface area (Å²) in [4.78, 5) is 11.4. The molecular formula is C13H18N2O4. The Balaban J connectivity index is 2.61. The molecule has 0 fully saturated rings. The highest BCUT2D eigenvalue weighted by Gasteiger charge is 2.07. The lowest BCUT2D eigenvalue weighted by molar-refractivity contribution is -0.122. The quantitative estimate of drug-likeness (QED) is 0.314. The molecule has 0 aromatic heterocycles. The van der Waals surface area contributed by atoms with Crippen LogP contribution >= 0.6 is 0 Å². The molecule has 104 valence electrons. The Morgan fingerprint density at radius 1 is 1.42 bits per heavy atom. The molecule has 3 N–H and O–H groups in total. The average molecular weight is 266 g/mol. The van der Waals surface area contributed by atoms with E-state index in [2.05, 4.69) is 10.5 Å². The standard InChI is InChI=1S/C13H18N2O4/c1-3-19-7-6-13(18)15-14-9(2)11-8-10(16)4-5-12(11)17/h4-5,8,16-17H,3,6-7H2,1-2H3,(H,15,18)/b14-9-. The van der Waals surface area contributed by atoms with E-state index in [1.54, 1.807) is 6.92 Å². The fourth-order valence-corrected chi connectivity index (χ4v) is 1.39. The van der Waals surface area contributed by atoms with Gasteiger partial charge in [-0.2, -0.15) is 5.10 Å². The normalized spacial score (nSPS) is 11.4. The summed E-state index contributed by atoms with van der Waals surface area (Å²) in [6.45, 7) is 4.38. The molecule has 0 aliphatic rings. The fourth-order valence-electron chi connectivity index (χ4n) is 1.39. The first-order chi connectivity index (χ1) is 9.04. The fraction of sp³-hybridized carbons (Fsp3) is 0.385. The van der Waals surface area contributed by atoms with Crippen LogP contribution in [0.15, 0.2) is 23.3 Å². The molecular weight excluding hydrogens is 248 g/mol. The average Bonchev–Trinajstić information content (AvgIpc) is 2.39. The van der Waals surface area contributed by atoms with Crippen molar-refractivity contribution in [2.45, 2.75) is 20.3 Å². The molecule has 0 heterocycles. The molecule has 0 bridgehead atoms. The maximum absolute atomic E-state index is 11.4. The van der Waals surface area contributed by atoms with Crippen molar-refractivity contribution in [3.8, 4) is 11.5 Å². The van der Waals surface area contributed by atoms with Crippen molar-refractivity contribution in [3.05, 3.63) is 23.8 Å². The molecule has 0 aliphatic heterocycles. The van der Waals surface area contributed by atoms with Crippen LogP contribution in [-0.2, 0) is 9.53 Å². The molecule has 0 saturated heterocycles. The van der Waals surface area contributed by atoms with Gasteiger partial charge in [-0.1, -0.05) is 0 Å². The van der Waals surface area contributed by atoms with Gasteiger partial charge in [0.1, 0.15) is 11.5 Å². The van der Waals surface area contributed by atoms with Crippen LogP contribution in [0.4, 0.5) is 0 Å². The molecule has 0 radical (unpaired) electrons. The zero-order valence-corrected chi connectivity index (χ0v) is 11.0. The molecule has 0 spiro atoms. The summed E-state index contributed by atoms with van der Waals surface area (Å²) >= 11 is 0. The Bertz CT molecular complexity index is 472. The largest absolute Gasteiger partial charge is 0.508 e. The summed E-state index contributed by atoms with van der Waals surface area (Å²) in [7, 11) is 0. The molecule has 1 amide bonds. The van der Waals surface area contributed by atoms with E-state index < -0.39 is 0 Å². The van der Waals surface area contributed by atoms with E-state index in [9.17, 15) is 15.0 Å². The number of phenols is 2. The monoisotopic (exact) mass is 266 g/mol. The van der Waals surface area contributed by atoms with Crippen molar-refractivity contribution >= 4 is 11.6 Å². The van der Waals surface area contributed by atoms with E-state index in [4.69, 9.17) is 4.74 Å². The van der Waals surface area contributed by atoms with Crippen LogP contribution in [0.5, 0.6) is 11.5 Å². The highest BCUT2D eigenvalue weighted by atomic mass is 16.5. The number of hydrazone groups is 1. The summed E-state index contributed by atoms with van der Waals surface area (Å²) < 4.78 is 5.05. The van der Waals surface area contributed by atoms with Crippen molar-refractivity contribution in [3.63, 3.8) is 0 Å². The Hall–Kier alpha value is -2.08. The Kier molecular flexibility index (Phi) is 5.81. The van der Waals surface area contributed by atoms with Crippen LogP contribution in [0, 0.1) is 0 Å². The molecule has 0 aliphatic carbocycles. The van der Waals surface area contributed by atoms with Gasteiger partial charge in [-0.25, -0.2) is 5.43 Å². The van der Waals surface area contributed by atoms with E-state index in [1.165, 1.54) is 18.2 Å². The predicted molar refractivity (Wildman–Crippen MR) is 71.2 cm³/mol. The number of carbonyl (C=O) groups excluding carboxylic acids is 1. The highest BCUT2D eigenvalue weighted by Crippen LogP contribution is 2.22. The van der Waals surface area contributed by atoms with Crippen LogP contribution < -0.4 is 5.43 Å². The summed E-state index contributed by atoms with van der Waals surface area (Å²) in [6, 6.07) is 4.11. The second kappa shape index (κ2) is 7.38. The van der Waals surface area contributed by atoms with E-state index in [0.717, 1.165) is 0 Å². The molecule has 19 heavy (non-hydrogen) atoms. The number of carbonyl (C=O) groups is 1. The van der Waals surface area contributed by atoms with Gasteiger partial charge in [0.2, 0.25) is 5.91 Å². The topological polar surface area (TPSA) is 91.2 Å². The number of rotatable bonds is 6. The summed E-state index contributed by atoms with van der Waals surface area (Å²) in [6.07, 6.45) is 0.219. The molecule has 0 saturated carbocycles. The second-order valence-corrected chi connectivity index (χ2v) is 3.88. The minimum absolute atomic E-state index is 0.0115. The third kappa shape index (κ3) is 4.97. The summed E-state index contributed by atoms with van der Waals surface area (Å²) in [5.41, 5.74) is 3.13. The zero-order chi connectivity index (χ0) is 14.3. The van der Waals surface area contributed by atoms with E-state index >= 15 is 0 Å². The molecule has 0 unspecified atom stereocenters. The first kappa shape index (κ1) is 15.0. The zero-order valence-electron chi connectivity index (χ0n) is 11.0. The van der Waals surface area contributed by atoms with Gasteiger partial charge >= 0.3 is 0 Å². The number of benzene rings is 1. The first-order valence-corrected chi connectivity index (χ1v) is 5.97. The van der Waals surface area contributed by atoms with Gasteiger partial charge in [-0.3, -0.25) is 4.79 Å². The third-order valence-corrected chi connectivity index (χ3v) is 2.40. The first-order valence-electron chi connectivity index (χ1n) is 5.97. The summed E-state index contributed by atoms with van der Waals surface area (Å²) in [5, 5.41) is 22.8. The highest BCUT2D eigenvalue weighted by molar-refractivity contribution is 6.01. The van der Waals surface area contributed by atoms with E-state index in [-0.39, 0.29) is 23.8 Å². The maximum atomic E-state index is 11.4. The van der Waals surface area contributed by atoms with E-state index in [1.807, 2.05) is 6.92 Å². The Morgan fingerprint density at radius 2 is 2.16 bits per heavy atom. The van der Waals surface area contributed by atoms with Gasteiger partial charge in [0, 0.05) is 12.2 Å². The van der Waals surface area contributed by atoms with E-state index in [0.29, 0.717) is 24.5 Å². The predicted octanol–water partition coefficient (Wildman–Crippen LogP) is 1.36. The van der Waals surface area contributed by atoms with Crippen molar-refractivity contribution < 1.29 is 19.7 Å². The smallest absolute Gasteiger partial charge is 0.242 e. The molecule has 1 aromatic rings. The van der Waals surface area contributed by atoms with Gasteiger partial charge in [0.05, 0.1) is 18.7 Å². The minimum Gasteiger partial charge on any atom is -0.508 e. The Morgan fingerprint density at radius 3 is 2.84 bits per heavy atom. The number of hydrogen-bond donors (Lipinski definition) is 3. The lowest BCUT2D eigenvalue weighted by Gasteiger charge is -2.05. The SMILES string of the molecule is CCOCCC(=O)N/N=C(/C)c1cc(O)ccc1O. The van der Waals surface area contributed by atoms with Crippen LogP contribution in [0.25, 0.3) is 0 Å². The number of hydrogen-bond acceptors (Lipinski definition) is 5. The van der Waals surface area contributed by atoms with Crippen molar-refractivity contribution in [2.75, 3.05) is 13.2 Å². The van der Waals surface area contributed by atoms with Crippen LogP contribution in [0.2, 0.25) is 0 Å². The van der Waals surface area contributed by atoms with Crippen LogP contribution in [0.3, 0.4) is 0 Å². The van der Waals surface area contributed by atoms with Crippen molar-refractivity contribution in [1.29, 1.82) is 0 Å². The number of nitrogens with one attached hydrogen (secondary N) is 1. The molecule has 6 heteroatoms. The second-order valence-electron chi connectivity index (χ2n) is 3.88. The Labute approximate surface area is 111 Å². The van der Waals surface area contributed by atoms with Crippen LogP contribution in [0.1, 0.15) is 25.8 Å². The van der Waals surface area contributed by atoms with Gasteiger partial charge in [-0.05, 0) is 32.0 Å². The third-order valence-electron chi connectivity index (χ3n) is 2.40. The van der Waals surface area contributed by atoms with Crippen LogP contribution in [-0.4, -0.2) is 35.0 Å². The lowest BCUT2D eigenvalue weighted by atomic mass is 10.1.